The van der Waals surface area contributed by atoms with Crippen LogP contribution in [-0.4, -0.2) is 9.78 Å². The van der Waals surface area contributed by atoms with Gasteiger partial charge < -0.3 is 4.74 Å². The lowest BCUT2D eigenvalue weighted by Gasteiger charge is -2.08. The first kappa shape index (κ1) is 11.2. The molecule has 0 unspecified atom stereocenters. The van der Waals surface area contributed by atoms with E-state index in [0.717, 1.165) is 22.5 Å². The Balaban J connectivity index is 2.07. The molecule has 3 nitrogen and oxygen atoms in total. The molecule has 0 aliphatic carbocycles. The summed E-state index contributed by atoms with van der Waals surface area (Å²) in [6.07, 6.45) is 1.75. The summed E-state index contributed by atoms with van der Waals surface area (Å²) >= 11 is 3.42. The molecule has 1 aromatic carbocycles. The molecular weight excluding hydrogens is 268 g/mol. The number of halogens is 1. The van der Waals surface area contributed by atoms with E-state index in [1.54, 1.807) is 6.20 Å². The summed E-state index contributed by atoms with van der Waals surface area (Å²) in [5.74, 6) is 0.784. The molecule has 0 fully saturated rings. The number of rotatable bonds is 4. The largest absolute Gasteiger partial charge is 0.472 e. The Kier molecular flexibility index (Phi) is 3.62. The Morgan fingerprint density at radius 3 is 2.75 bits per heavy atom. The molecule has 2 rings (SSSR count). The van der Waals surface area contributed by atoms with Crippen LogP contribution < -0.4 is 4.74 Å². The van der Waals surface area contributed by atoms with E-state index < -0.39 is 0 Å². The van der Waals surface area contributed by atoms with Crippen LogP contribution in [0.2, 0.25) is 0 Å². The zero-order valence-electron chi connectivity index (χ0n) is 9.06. The minimum absolute atomic E-state index is 0.561. The van der Waals surface area contributed by atoms with E-state index in [4.69, 9.17) is 4.74 Å². The first-order chi connectivity index (χ1) is 7.81. The van der Waals surface area contributed by atoms with Crippen molar-refractivity contribution >= 4 is 15.9 Å². The van der Waals surface area contributed by atoms with Crippen LogP contribution in [0.15, 0.2) is 41.0 Å². The summed E-state index contributed by atoms with van der Waals surface area (Å²) in [5.41, 5.74) is 1.15. The topological polar surface area (TPSA) is 27.1 Å². The fourth-order valence-electron chi connectivity index (χ4n) is 1.45. The molecule has 84 valence electrons. The molecule has 0 radical (unpaired) electrons. The van der Waals surface area contributed by atoms with Gasteiger partial charge in [0, 0.05) is 6.54 Å². The van der Waals surface area contributed by atoms with E-state index in [0.29, 0.717) is 6.61 Å². The summed E-state index contributed by atoms with van der Waals surface area (Å²) in [6.45, 7) is 3.40. The third-order valence-corrected chi connectivity index (χ3v) is 2.81. The van der Waals surface area contributed by atoms with E-state index in [1.807, 2.05) is 41.9 Å². The number of aryl methyl sites for hydroxylation is 1. The fraction of sp³-hybridized carbons (Fsp3) is 0.250. The van der Waals surface area contributed by atoms with Gasteiger partial charge in [-0.15, -0.1) is 0 Å². The number of hydrogen-bond donors (Lipinski definition) is 0. The van der Waals surface area contributed by atoms with Gasteiger partial charge in [-0.1, -0.05) is 30.3 Å². The maximum Gasteiger partial charge on any atom is 0.226 e. The van der Waals surface area contributed by atoms with Crippen LogP contribution in [0.3, 0.4) is 0 Å². The first-order valence-electron chi connectivity index (χ1n) is 5.19. The Morgan fingerprint density at radius 2 is 2.06 bits per heavy atom. The molecule has 0 saturated carbocycles. The van der Waals surface area contributed by atoms with Gasteiger partial charge in [0.05, 0.1) is 10.7 Å². The molecule has 16 heavy (non-hydrogen) atoms. The molecule has 0 atom stereocenters. The lowest BCUT2D eigenvalue weighted by Crippen LogP contribution is -2.03. The summed E-state index contributed by atoms with van der Waals surface area (Å²) in [6, 6.07) is 10.1. The van der Waals surface area contributed by atoms with Crippen LogP contribution in [0, 0.1) is 0 Å². The second-order valence-electron chi connectivity index (χ2n) is 3.39. The van der Waals surface area contributed by atoms with Crippen molar-refractivity contribution in [3.63, 3.8) is 0 Å². The number of benzene rings is 1. The van der Waals surface area contributed by atoms with E-state index in [-0.39, 0.29) is 0 Å². The Labute approximate surface area is 103 Å². The van der Waals surface area contributed by atoms with Crippen LogP contribution in [0.4, 0.5) is 0 Å². The Hall–Kier alpha value is -1.29. The van der Waals surface area contributed by atoms with Gasteiger partial charge in [-0.05, 0) is 28.4 Å². The quantitative estimate of drug-likeness (QED) is 0.860. The van der Waals surface area contributed by atoms with Crippen molar-refractivity contribution < 1.29 is 4.74 Å². The smallest absolute Gasteiger partial charge is 0.226 e. The summed E-state index contributed by atoms with van der Waals surface area (Å²) in [4.78, 5) is 0. The number of nitrogens with zero attached hydrogens (tertiary/aromatic N) is 2. The number of aromatic nitrogens is 2. The lowest BCUT2D eigenvalue weighted by atomic mass is 10.2. The van der Waals surface area contributed by atoms with Gasteiger partial charge in [-0.25, -0.2) is 4.68 Å². The van der Waals surface area contributed by atoms with Gasteiger partial charge in [0.25, 0.3) is 0 Å². The highest BCUT2D eigenvalue weighted by Gasteiger charge is 2.08. The molecule has 0 spiro atoms. The van der Waals surface area contributed by atoms with Crippen molar-refractivity contribution in [3.05, 3.63) is 46.6 Å². The highest BCUT2D eigenvalue weighted by atomic mass is 79.9. The maximum atomic E-state index is 5.74. The molecule has 0 aliphatic heterocycles. The van der Waals surface area contributed by atoms with Crippen LogP contribution in [-0.2, 0) is 13.2 Å². The Morgan fingerprint density at radius 1 is 1.31 bits per heavy atom. The van der Waals surface area contributed by atoms with Crippen LogP contribution in [0.5, 0.6) is 5.88 Å². The predicted molar refractivity (Wildman–Crippen MR) is 66.4 cm³/mol. The average Bonchev–Trinajstić information content (AvgIpc) is 2.69. The van der Waals surface area contributed by atoms with E-state index in [1.165, 1.54) is 0 Å². The molecule has 0 aliphatic rings. The number of ether oxygens (including phenoxy) is 1. The summed E-state index contributed by atoms with van der Waals surface area (Å²) < 4.78 is 8.46. The van der Waals surface area contributed by atoms with Crippen LogP contribution in [0.25, 0.3) is 0 Å². The molecule has 0 bridgehead atoms. The molecule has 1 aromatic heterocycles. The van der Waals surface area contributed by atoms with Crippen molar-refractivity contribution in [2.75, 3.05) is 0 Å². The Bertz CT molecular complexity index is 453. The van der Waals surface area contributed by atoms with Gasteiger partial charge in [0.15, 0.2) is 0 Å². The first-order valence-corrected chi connectivity index (χ1v) is 5.98. The average molecular weight is 281 g/mol. The normalized spacial score (nSPS) is 10.4. The van der Waals surface area contributed by atoms with Gasteiger partial charge in [0.1, 0.15) is 6.61 Å². The van der Waals surface area contributed by atoms with Crippen molar-refractivity contribution in [2.24, 2.45) is 0 Å². The van der Waals surface area contributed by atoms with Crippen molar-refractivity contribution in [3.8, 4) is 5.88 Å². The zero-order valence-corrected chi connectivity index (χ0v) is 10.6. The molecule has 4 heteroatoms. The van der Waals surface area contributed by atoms with E-state index in [2.05, 4.69) is 21.0 Å². The molecule has 0 amide bonds. The summed E-state index contributed by atoms with van der Waals surface area (Å²) in [5, 5.41) is 4.19. The predicted octanol–water partition coefficient (Wildman–Crippen LogP) is 3.24. The molecule has 2 aromatic rings. The summed E-state index contributed by atoms with van der Waals surface area (Å²) in [7, 11) is 0. The minimum Gasteiger partial charge on any atom is -0.472 e. The van der Waals surface area contributed by atoms with Gasteiger partial charge in [0.2, 0.25) is 5.88 Å². The van der Waals surface area contributed by atoms with Gasteiger partial charge in [-0.3, -0.25) is 0 Å². The third kappa shape index (κ3) is 2.44. The van der Waals surface area contributed by atoms with E-state index >= 15 is 0 Å². The fourth-order valence-corrected chi connectivity index (χ4v) is 1.86. The lowest BCUT2D eigenvalue weighted by molar-refractivity contribution is 0.272. The number of hydrogen-bond acceptors (Lipinski definition) is 2. The standard InChI is InChI=1S/C12H13BrN2O/c1-2-15-12(11(13)8-14-15)16-9-10-6-4-3-5-7-10/h3-8H,2,9H2,1H3. The second kappa shape index (κ2) is 5.16. The highest BCUT2D eigenvalue weighted by Crippen LogP contribution is 2.24. The monoisotopic (exact) mass is 280 g/mol. The van der Waals surface area contributed by atoms with E-state index in [9.17, 15) is 0 Å². The zero-order chi connectivity index (χ0) is 11.4. The van der Waals surface area contributed by atoms with Crippen molar-refractivity contribution in [1.29, 1.82) is 0 Å². The van der Waals surface area contributed by atoms with Gasteiger partial charge >= 0.3 is 0 Å². The molecular formula is C12H13BrN2O. The van der Waals surface area contributed by atoms with Crippen molar-refractivity contribution in [2.45, 2.75) is 20.1 Å². The highest BCUT2D eigenvalue weighted by molar-refractivity contribution is 9.10. The second-order valence-corrected chi connectivity index (χ2v) is 4.24. The van der Waals surface area contributed by atoms with Gasteiger partial charge in [-0.2, -0.15) is 5.10 Å². The molecule has 0 N–H and O–H groups in total. The van der Waals surface area contributed by atoms with Crippen LogP contribution >= 0.6 is 15.9 Å². The van der Waals surface area contributed by atoms with Crippen molar-refractivity contribution in [1.82, 2.24) is 9.78 Å². The SMILES string of the molecule is CCn1ncc(Br)c1OCc1ccccc1. The molecule has 0 saturated heterocycles. The molecule has 1 heterocycles. The van der Waals surface area contributed by atoms with Crippen LogP contribution in [0.1, 0.15) is 12.5 Å². The minimum atomic E-state index is 0.561. The third-order valence-electron chi connectivity index (χ3n) is 2.27. The maximum absolute atomic E-state index is 5.74.